The van der Waals surface area contributed by atoms with Crippen LogP contribution in [0.15, 0.2) is 50.9 Å². The molecule has 22 heavy (non-hydrogen) atoms. The zero-order valence-electron chi connectivity index (χ0n) is 12.6. The highest BCUT2D eigenvalue weighted by atomic mass is 32.1. The SMILES string of the molecule is C=CCN=c1scc(-c2ccco2)n1N=CC1CCCCC1. The fourth-order valence-electron chi connectivity index (χ4n) is 2.70. The van der Waals surface area contributed by atoms with E-state index in [0.717, 1.165) is 16.3 Å². The minimum atomic E-state index is 0.581. The van der Waals surface area contributed by atoms with Gasteiger partial charge in [-0.3, -0.25) is 4.99 Å². The minimum absolute atomic E-state index is 0.581. The summed E-state index contributed by atoms with van der Waals surface area (Å²) in [7, 11) is 0. The monoisotopic (exact) mass is 315 g/mol. The fourth-order valence-corrected chi connectivity index (χ4v) is 3.53. The van der Waals surface area contributed by atoms with Gasteiger partial charge in [-0.05, 0) is 30.9 Å². The first-order valence-corrected chi connectivity index (χ1v) is 8.66. The summed E-state index contributed by atoms with van der Waals surface area (Å²) in [6.45, 7) is 4.32. The molecule has 0 saturated heterocycles. The summed E-state index contributed by atoms with van der Waals surface area (Å²) in [5.41, 5.74) is 0.949. The Hall–Kier alpha value is -1.88. The van der Waals surface area contributed by atoms with Gasteiger partial charge in [0.05, 0.1) is 12.8 Å². The Morgan fingerprint density at radius 1 is 1.36 bits per heavy atom. The van der Waals surface area contributed by atoms with Gasteiger partial charge in [0.25, 0.3) is 0 Å². The third-order valence-electron chi connectivity index (χ3n) is 3.86. The molecule has 3 rings (SSSR count). The second kappa shape index (κ2) is 7.40. The molecule has 0 atom stereocenters. The van der Waals surface area contributed by atoms with Gasteiger partial charge in [-0.1, -0.05) is 25.3 Å². The van der Waals surface area contributed by atoms with Gasteiger partial charge >= 0.3 is 0 Å². The Bertz CT molecular complexity index is 688. The maximum absolute atomic E-state index is 5.52. The zero-order valence-corrected chi connectivity index (χ0v) is 13.5. The summed E-state index contributed by atoms with van der Waals surface area (Å²) in [6.07, 6.45) is 12.0. The number of nitrogens with zero attached hydrogens (tertiary/aromatic N) is 3. The molecule has 5 heteroatoms. The molecule has 0 bridgehead atoms. The standard InChI is InChI=1S/C17H21N3OS/c1-2-10-18-17-20(19-12-14-7-4-3-5-8-14)15(13-22-17)16-9-6-11-21-16/h2,6,9,11-14H,1,3-5,7-8,10H2. The molecule has 2 aromatic rings. The van der Waals surface area contributed by atoms with Crippen molar-refractivity contribution in [3.63, 3.8) is 0 Å². The molecule has 0 unspecified atom stereocenters. The topological polar surface area (TPSA) is 42.8 Å². The number of aromatic nitrogens is 1. The fraction of sp³-hybridized carbons (Fsp3) is 0.412. The van der Waals surface area contributed by atoms with E-state index < -0.39 is 0 Å². The Labute approximate surface area is 134 Å². The van der Waals surface area contributed by atoms with Gasteiger partial charge in [0.2, 0.25) is 4.80 Å². The van der Waals surface area contributed by atoms with E-state index in [-0.39, 0.29) is 0 Å². The Kier molecular flexibility index (Phi) is 5.06. The maximum atomic E-state index is 5.52. The summed E-state index contributed by atoms with van der Waals surface area (Å²) in [5, 5.41) is 6.75. The summed E-state index contributed by atoms with van der Waals surface area (Å²) >= 11 is 1.58. The first kappa shape index (κ1) is 15.0. The summed E-state index contributed by atoms with van der Waals surface area (Å²) < 4.78 is 7.41. The van der Waals surface area contributed by atoms with E-state index >= 15 is 0 Å². The van der Waals surface area contributed by atoms with Gasteiger partial charge < -0.3 is 4.42 Å². The molecule has 116 valence electrons. The van der Waals surface area contributed by atoms with E-state index in [2.05, 4.69) is 17.8 Å². The lowest BCUT2D eigenvalue weighted by molar-refractivity contribution is 0.443. The van der Waals surface area contributed by atoms with Crippen molar-refractivity contribution < 1.29 is 4.42 Å². The maximum Gasteiger partial charge on any atom is 0.206 e. The van der Waals surface area contributed by atoms with E-state index in [0.29, 0.717) is 12.5 Å². The van der Waals surface area contributed by atoms with Crippen LogP contribution in [-0.4, -0.2) is 17.4 Å². The first-order chi connectivity index (χ1) is 10.9. The summed E-state index contributed by atoms with van der Waals surface area (Å²) in [5.74, 6) is 1.40. The predicted octanol–water partition coefficient (Wildman–Crippen LogP) is 4.31. The molecule has 0 amide bonds. The van der Waals surface area contributed by atoms with E-state index in [9.17, 15) is 0 Å². The van der Waals surface area contributed by atoms with Crippen LogP contribution < -0.4 is 4.80 Å². The Morgan fingerprint density at radius 3 is 2.95 bits per heavy atom. The van der Waals surface area contributed by atoms with Crippen LogP contribution in [0.5, 0.6) is 0 Å². The number of rotatable bonds is 5. The predicted molar refractivity (Wildman–Crippen MR) is 91.1 cm³/mol. The van der Waals surface area contributed by atoms with Crippen LogP contribution in [0.1, 0.15) is 32.1 Å². The van der Waals surface area contributed by atoms with Crippen LogP contribution in [0.25, 0.3) is 11.5 Å². The van der Waals surface area contributed by atoms with Crippen molar-refractivity contribution in [2.45, 2.75) is 32.1 Å². The van der Waals surface area contributed by atoms with Gasteiger partial charge in [0.15, 0.2) is 5.76 Å². The molecular formula is C17H21N3OS. The van der Waals surface area contributed by atoms with E-state index in [1.807, 2.05) is 22.2 Å². The molecule has 0 radical (unpaired) electrons. The lowest BCUT2D eigenvalue weighted by Crippen LogP contribution is -2.15. The van der Waals surface area contributed by atoms with Crippen molar-refractivity contribution in [3.05, 3.63) is 41.2 Å². The lowest BCUT2D eigenvalue weighted by Gasteiger charge is -2.16. The van der Waals surface area contributed by atoms with Crippen molar-refractivity contribution in [3.8, 4) is 11.5 Å². The average molecular weight is 315 g/mol. The Morgan fingerprint density at radius 2 is 2.23 bits per heavy atom. The molecule has 1 saturated carbocycles. The summed E-state index contributed by atoms with van der Waals surface area (Å²) in [4.78, 5) is 5.40. The Balaban J connectivity index is 1.93. The third-order valence-corrected chi connectivity index (χ3v) is 4.71. The van der Waals surface area contributed by atoms with Crippen LogP contribution in [-0.2, 0) is 0 Å². The number of hydrogen-bond donors (Lipinski definition) is 0. The number of hydrogen-bond acceptors (Lipinski definition) is 4. The highest BCUT2D eigenvalue weighted by Crippen LogP contribution is 2.23. The largest absolute Gasteiger partial charge is 0.463 e. The van der Waals surface area contributed by atoms with Crippen LogP contribution in [0.2, 0.25) is 0 Å². The van der Waals surface area contributed by atoms with Crippen molar-refractivity contribution >= 4 is 17.6 Å². The second-order valence-corrected chi connectivity index (χ2v) is 6.32. The molecule has 1 fully saturated rings. The van der Waals surface area contributed by atoms with Crippen LogP contribution in [0.3, 0.4) is 0 Å². The van der Waals surface area contributed by atoms with E-state index in [1.54, 1.807) is 23.7 Å². The molecule has 0 spiro atoms. The normalized spacial score (nSPS) is 17.4. The number of thiazole rings is 1. The van der Waals surface area contributed by atoms with E-state index in [4.69, 9.17) is 9.52 Å². The smallest absolute Gasteiger partial charge is 0.206 e. The molecule has 4 nitrogen and oxygen atoms in total. The van der Waals surface area contributed by atoms with Gasteiger partial charge in [0, 0.05) is 11.6 Å². The highest BCUT2D eigenvalue weighted by molar-refractivity contribution is 7.07. The van der Waals surface area contributed by atoms with Crippen LogP contribution in [0, 0.1) is 5.92 Å². The van der Waals surface area contributed by atoms with Gasteiger partial charge in [0.1, 0.15) is 5.69 Å². The number of furan rings is 1. The molecule has 2 heterocycles. The minimum Gasteiger partial charge on any atom is -0.463 e. The van der Waals surface area contributed by atoms with E-state index in [1.165, 1.54) is 32.1 Å². The van der Waals surface area contributed by atoms with Crippen LogP contribution in [0.4, 0.5) is 0 Å². The lowest BCUT2D eigenvalue weighted by atomic mass is 9.90. The van der Waals surface area contributed by atoms with Crippen molar-refractivity contribution in [2.24, 2.45) is 16.0 Å². The van der Waals surface area contributed by atoms with Gasteiger partial charge in [-0.15, -0.1) is 17.9 Å². The highest BCUT2D eigenvalue weighted by Gasteiger charge is 2.13. The molecule has 0 aliphatic heterocycles. The zero-order chi connectivity index (χ0) is 15.2. The average Bonchev–Trinajstić information content (AvgIpc) is 3.21. The summed E-state index contributed by atoms with van der Waals surface area (Å²) in [6, 6.07) is 3.84. The van der Waals surface area contributed by atoms with Crippen LogP contribution >= 0.6 is 11.3 Å². The van der Waals surface area contributed by atoms with Gasteiger partial charge in [-0.25, -0.2) is 4.68 Å². The van der Waals surface area contributed by atoms with Crippen molar-refractivity contribution in [2.75, 3.05) is 6.54 Å². The quantitative estimate of drug-likeness (QED) is 0.599. The van der Waals surface area contributed by atoms with Gasteiger partial charge in [-0.2, -0.15) is 5.10 Å². The molecule has 2 aromatic heterocycles. The molecule has 1 aliphatic carbocycles. The van der Waals surface area contributed by atoms with Crippen molar-refractivity contribution in [1.29, 1.82) is 0 Å². The molecular weight excluding hydrogens is 294 g/mol. The molecule has 1 aliphatic rings. The first-order valence-electron chi connectivity index (χ1n) is 7.79. The molecule has 0 N–H and O–H groups in total. The molecule has 0 aromatic carbocycles. The second-order valence-electron chi connectivity index (χ2n) is 5.48. The third kappa shape index (κ3) is 3.47. The van der Waals surface area contributed by atoms with Crippen molar-refractivity contribution in [1.82, 2.24) is 4.68 Å².